The Balaban J connectivity index is 1.29. The quantitative estimate of drug-likeness (QED) is 0.377. The summed E-state index contributed by atoms with van der Waals surface area (Å²) in [5.41, 5.74) is 1.56. The van der Waals surface area contributed by atoms with E-state index in [0.29, 0.717) is 28.1 Å². The van der Waals surface area contributed by atoms with Crippen LogP contribution in [0.25, 0.3) is 15.3 Å². The Bertz CT molecular complexity index is 1500. The van der Waals surface area contributed by atoms with Gasteiger partial charge in [-0.25, -0.2) is 13.4 Å². The fourth-order valence-electron chi connectivity index (χ4n) is 3.99. The molecule has 5 rings (SSSR count). The monoisotopic (exact) mass is 551 g/mol. The Labute approximate surface area is 215 Å². The van der Waals surface area contributed by atoms with Crippen molar-refractivity contribution >= 4 is 66.2 Å². The van der Waals surface area contributed by atoms with Gasteiger partial charge in [0.25, 0.3) is 10.0 Å². The number of carbonyl (C=O) groups is 1. The van der Waals surface area contributed by atoms with Crippen molar-refractivity contribution in [2.75, 3.05) is 25.5 Å². The molecule has 0 saturated carbocycles. The summed E-state index contributed by atoms with van der Waals surface area (Å²) in [4.78, 5) is 17.7. The molecule has 1 aliphatic rings. The third-order valence-corrected chi connectivity index (χ3v) is 10.4. The molecule has 4 aromatic rings. The van der Waals surface area contributed by atoms with Crippen LogP contribution in [0.15, 0.2) is 40.6 Å². The maximum atomic E-state index is 13.1. The van der Waals surface area contributed by atoms with Gasteiger partial charge in [-0.1, -0.05) is 22.9 Å². The number of aryl methyl sites for hydroxylation is 1. The van der Waals surface area contributed by atoms with E-state index in [4.69, 9.17) is 16.3 Å². The van der Waals surface area contributed by atoms with Crippen molar-refractivity contribution in [2.45, 2.75) is 24.0 Å². The number of rotatable bonds is 6. The van der Waals surface area contributed by atoms with Crippen LogP contribution in [-0.2, 0) is 14.8 Å². The van der Waals surface area contributed by atoms with Crippen LogP contribution in [0.2, 0.25) is 4.34 Å². The Morgan fingerprint density at radius 3 is 2.63 bits per heavy atom. The van der Waals surface area contributed by atoms with E-state index < -0.39 is 10.0 Å². The number of methoxy groups -OCH3 is 1. The average Bonchev–Trinajstić information content (AvgIpc) is 3.56. The van der Waals surface area contributed by atoms with E-state index in [1.165, 1.54) is 21.7 Å². The summed E-state index contributed by atoms with van der Waals surface area (Å²) >= 11 is 8.39. The maximum absolute atomic E-state index is 13.1. The lowest BCUT2D eigenvalue weighted by Gasteiger charge is -2.30. The molecule has 1 saturated heterocycles. The Morgan fingerprint density at radius 1 is 1.17 bits per heavy atom. The molecule has 1 N–H and O–H groups in total. The lowest BCUT2D eigenvalue weighted by atomic mass is 9.97. The van der Waals surface area contributed by atoms with Gasteiger partial charge in [0.15, 0.2) is 0 Å². The Hall–Kier alpha value is -2.51. The van der Waals surface area contributed by atoms with Crippen molar-refractivity contribution in [3.63, 3.8) is 0 Å². The Kier molecular flexibility index (Phi) is 6.57. The maximum Gasteiger partial charge on any atom is 0.252 e. The minimum absolute atomic E-state index is 0.162. The number of fused-ring (bicyclic) bond motifs is 1. The first-order chi connectivity index (χ1) is 16.7. The summed E-state index contributed by atoms with van der Waals surface area (Å²) in [6.45, 7) is 2.39. The molecule has 0 bridgehead atoms. The molecule has 0 aliphatic carbocycles. The van der Waals surface area contributed by atoms with E-state index in [1.54, 1.807) is 23.9 Å². The highest BCUT2D eigenvalue weighted by molar-refractivity contribution is 7.91. The molecule has 9 nitrogen and oxygen atoms in total. The number of halogens is 1. The molecule has 4 heterocycles. The molecule has 0 atom stereocenters. The number of amides is 1. The normalized spacial score (nSPS) is 15.5. The zero-order chi connectivity index (χ0) is 24.7. The second kappa shape index (κ2) is 9.51. The topological polar surface area (TPSA) is 106 Å². The van der Waals surface area contributed by atoms with Crippen molar-refractivity contribution in [3.8, 4) is 10.9 Å². The number of aromatic nitrogens is 3. The molecule has 3 aromatic heterocycles. The number of anilines is 1. The van der Waals surface area contributed by atoms with E-state index in [9.17, 15) is 13.2 Å². The second-order valence-corrected chi connectivity index (χ2v) is 13.0. The molecule has 13 heteroatoms. The number of nitrogens with one attached hydrogen (secondary N) is 1. The molecule has 0 radical (unpaired) electrons. The summed E-state index contributed by atoms with van der Waals surface area (Å²) in [5, 5.41) is 8.13. The van der Waals surface area contributed by atoms with Crippen LogP contribution >= 0.6 is 34.3 Å². The molecule has 0 spiro atoms. The number of thiophene rings is 1. The van der Waals surface area contributed by atoms with E-state index in [-0.39, 0.29) is 29.1 Å². The number of piperidine rings is 1. The lowest BCUT2D eigenvalue weighted by Crippen LogP contribution is -2.41. The third-order valence-electron chi connectivity index (χ3n) is 5.82. The molecule has 1 aromatic carbocycles. The number of sulfonamides is 1. The lowest BCUT2D eigenvalue weighted by molar-refractivity contribution is -0.120. The largest absolute Gasteiger partial charge is 0.497 e. The van der Waals surface area contributed by atoms with E-state index in [1.807, 2.05) is 25.1 Å². The van der Waals surface area contributed by atoms with Crippen molar-refractivity contribution in [1.82, 2.24) is 19.1 Å². The first-order valence-electron chi connectivity index (χ1n) is 10.8. The molecular weight excluding hydrogens is 530 g/mol. The van der Waals surface area contributed by atoms with Gasteiger partial charge in [0, 0.05) is 25.1 Å². The minimum Gasteiger partial charge on any atom is -0.497 e. The summed E-state index contributed by atoms with van der Waals surface area (Å²) in [5.74, 6) is 0.803. The van der Waals surface area contributed by atoms with Gasteiger partial charge in [-0.15, -0.1) is 11.3 Å². The zero-order valence-electron chi connectivity index (χ0n) is 18.9. The minimum atomic E-state index is -3.60. The fraction of sp³-hybridized carbons (Fsp3) is 0.318. The molecule has 35 heavy (non-hydrogen) atoms. The van der Waals surface area contributed by atoms with Gasteiger partial charge in [0.1, 0.15) is 15.8 Å². The van der Waals surface area contributed by atoms with Crippen molar-refractivity contribution in [2.24, 2.45) is 5.92 Å². The van der Waals surface area contributed by atoms with Gasteiger partial charge in [0.2, 0.25) is 11.0 Å². The first-order valence-corrected chi connectivity index (χ1v) is 14.3. The summed E-state index contributed by atoms with van der Waals surface area (Å²) < 4.78 is 35.6. The molecule has 1 aliphatic heterocycles. The predicted octanol–water partition coefficient (Wildman–Crippen LogP) is 4.55. The van der Waals surface area contributed by atoms with Crippen LogP contribution in [0.1, 0.15) is 18.5 Å². The van der Waals surface area contributed by atoms with E-state index in [0.717, 1.165) is 33.0 Å². The highest BCUT2D eigenvalue weighted by Crippen LogP contribution is 2.32. The van der Waals surface area contributed by atoms with Crippen molar-refractivity contribution in [1.29, 1.82) is 0 Å². The summed E-state index contributed by atoms with van der Waals surface area (Å²) in [7, 11) is -1.98. The smallest absolute Gasteiger partial charge is 0.252 e. The first kappa shape index (κ1) is 24.2. The summed E-state index contributed by atoms with van der Waals surface area (Å²) in [6, 6.07) is 10.5. The second-order valence-electron chi connectivity index (χ2n) is 8.14. The SMILES string of the molecule is COc1ccc2nc(-n3nc(C)cc3NC(=O)C3CCN(S(=O)(=O)c4ccc(Cl)s4)CC3)sc2c1. The predicted molar refractivity (Wildman–Crippen MR) is 137 cm³/mol. The van der Waals surface area contributed by atoms with Crippen LogP contribution < -0.4 is 10.1 Å². The molecule has 1 fully saturated rings. The summed E-state index contributed by atoms with van der Waals surface area (Å²) in [6.07, 6.45) is 0.858. The Morgan fingerprint density at radius 2 is 1.94 bits per heavy atom. The number of hydrogen-bond donors (Lipinski definition) is 1. The van der Waals surface area contributed by atoms with Gasteiger partial charge >= 0.3 is 0 Å². The van der Waals surface area contributed by atoms with Crippen LogP contribution in [0.3, 0.4) is 0 Å². The number of ether oxygens (including phenoxy) is 1. The van der Waals surface area contributed by atoms with Crippen LogP contribution in [-0.4, -0.2) is 53.6 Å². The van der Waals surface area contributed by atoms with E-state index >= 15 is 0 Å². The van der Waals surface area contributed by atoms with Gasteiger partial charge in [-0.05, 0) is 50.1 Å². The molecule has 0 unspecified atom stereocenters. The number of hydrogen-bond acceptors (Lipinski definition) is 8. The highest BCUT2D eigenvalue weighted by Gasteiger charge is 2.33. The van der Waals surface area contributed by atoms with Gasteiger partial charge in [0.05, 0.1) is 27.4 Å². The molecule has 184 valence electrons. The van der Waals surface area contributed by atoms with Crippen LogP contribution in [0.5, 0.6) is 5.75 Å². The standard InChI is InChI=1S/C22H22ClN5O4S3/c1-13-11-19(28(26-13)22-24-16-4-3-15(32-2)12-17(16)33-22)25-21(29)14-7-9-27(10-8-14)35(30,31)20-6-5-18(23)34-20/h3-6,11-12,14H,7-10H2,1-2H3,(H,25,29). The fourth-order valence-corrected chi connectivity index (χ4v) is 8.06. The van der Waals surface area contributed by atoms with Crippen LogP contribution in [0, 0.1) is 12.8 Å². The van der Waals surface area contributed by atoms with Crippen molar-refractivity contribution in [3.05, 3.63) is 46.4 Å². The van der Waals surface area contributed by atoms with Crippen LogP contribution in [0.4, 0.5) is 5.82 Å². The van der Waals surface area contributed by atoms with Gasteiger partial charge in [-0.3, -0.25) is 4.79 Å². The highest BCUT2D eigenvalue weighted by atomic mass is 35.5. The molecular formula is C22H22ClN5O4S3. The molecule has 1 amide bonds. The number of carbonyl (C=O) groups excluding carboxylic acids is 1. The number of nitrogens with zero attached hydrogens (tertiary/aromatic N) is 4. The van der Waals surface area contributed by atoms with E-state index in [2.05, 4.69) is 15.4 Å². The van der Waals surface area contributed by atoms with Gasteiger partial charge in [-0.2, -0.15) is 14.1 Å². The number of benzene rings is 1. The average molecular weight is 552 g/mol. The number of thiazole rings is 1. The van der Waals surface area contributed by atoms with Crippen molar-refractivity contribution < 1.29 is 17.9 Å². The van der Waals surface area contributed by atoms with Gasteiger partial charge < -0.3 is 10.1 Å². The third kappa shape index (κ3) is 4.81. The zero-order valence-corrected chi connectivity index (χ0v) is 22.1.